The summed E-state index contributed by atoms with van der Waals surface area (Å²) in [5, 5.41) is 11.3. The molecule has 2 unspecified atom stereocenters. The minimum atomic E-state index is -1.08. The van der Waals surface area contributed by atoms with E-state index in [9.17, 15) is 9.59 Å². The number of nitrogens with one attached hydrogen (secondary N) is 1. The van der Waals surface area contributed by atoms with Gasteiger partial charge in [0.2, 0.25) is 5.91 Å². The lowest BCUT2D eigenvalue weighted by atomic mass is 10.0. The Bertz CT molecular complexity index is 226. The molecule has 0 aromatic rings. The van der Waals surface area contributed by atoms with Gasteiger partial charge < -0.3 is 10.4 Å². The summed E-state index contributed by atoms with van der Waals surface area (Å²) in [4.78, 5) is 21.9. The number of hydrogen-bond donors (Lipinski definition) is 2. The standard InChI is InChI=1S/C11H21NO3/c1-7(2)5-6-8(3)12-10(13)9(4)11(14)15/h7-9H,5-6H2,1-4H3,(H,12,13)(H,14,15). The van der Waals surface area contributed by atoms with Gasteiger partial charge in [0.25, 0.3) is 0 Å². The highest BCUT2D eigenvalue weighted by molar-refractivity contribution is 5.96. The van der Waals surface area contributed by atoms with Crippen molar-refractivity contribution < 1.29 is 14.7 Å². The summed E-state index contributed by atoms with van der Waals surface area (Å²) in [5.74, 6) is -1.85. The molecule has 0 saturated carbocycles. The molecule has 0 saturated heterocycles. The Morgan fingerprint density at radius 1 is 1.13 bits per heavy atom. The zero-order valence-corrected chi connectivity index (χ0v) is 9.91. The highest BCUT2D eigenvalue weighted by Gasteiger charge is 2.21. The largest absolute Gasteiger partial charge is 0.481 e. The number of carboxylic acid groups (broad SMARTS) is 1. The number of aliphatic carboxylic acids is 1. The van der Waals surface area contributed by atoms with Gasteiger partial charge >= 0.3 is 5.97 Å². The molecule has 2 atom stereocenters. The van der Waals surface area contributed by atoms with Crippen LogP contribution in [-0.4, -0.2) is 23.0 Å². The number of hydrogen-bond acceptors (Lipinski definition) is 2. The molecule has 0 aliphatic carbocycles. The van der Waals surface area contributed by atoms with Gasteiger partial charge in [-0.15, -0.1) is 0 Å². The normalized spacial score (nSPS) is 14.7. The van der Waals surface area contributed by atoms with Crippen LogP contribution in [0.15, 0.2) is 0 Å². The molecule has 0 rings (SSSR count). The fourth-order valence-electron chi connectivity index (χ4n) is 1.14. The van der Waals surface area contributed by atoms with E-state index in [0.717, 1.165) is 12.8 Å². The Morgan fingerprint density at radius 2 is 1.67 bits per heavy atom. The van der Waals surface area contributed by atoms with Crippen molar-refractivity contribution >= 4 is 11.9 Å². The van der Waals surface area contributed by atoms with Gasteiger partial charge in [-0.1, -0.05) is 13.8 Å². The van der Waals surface area contributed by atoms with E-state index < -0.39 is 17.8 Å². The van der Waals surface area contributed by atoms with Crippen LogP contribution in [0.3, 0.4) is 0 Å². The summed E-state index contributed by atoms with van der Waals surface area (Å²) >= 11 is 0. The molecule has 2 N–H and O–H groups in total. The molecule has 0 aliphatic rings. The number of carboxylic acids is 1. The summed E-state index contributed by atoms with van der Waals surface area (Å²) in [7, 11) is 0. The van der Waals surface area contributed by atoms with Crippen LogP contribution in [0.4, 0.5) is 0 Å². The molecule has 4 nitrogen and oxygen atoms in total. The summed E-state index contributed by atoms with van der Waals surface area (Å²) in [6.45, 7) is 7.53. The van der Waals surface area contributed by atoms with Gasteiger partial charge in [-0.05, 0) is 32.6 Å². The monoisotopic (exact) mass is 215 g/mol. The van der Waals surface area contributed by atoms with Crippen LogP contribution in [0.2, 0.25) is 0 Å². The van der Waals surface area contributed by atoms with Crippen molar-refractivity contribution in [3.63, 3.8) is 0 Å². The molecule has 4 heteroatoms. The van der Waals surface area contributed by atoms with Gasteiger partial charge in [-0.3, -0.25) is 9.59 Å². The van der Waals surface area contributed by atoms with Crippen molar-refractivity contribution in [3.05, 3.63) is 0 Å². The van der Waals surface area contributed by atoms with Crippen LogP contribution in [0, 0.1) is 11.8 Å². The summed E-state index contributed by atoms with van der Waals surface area (Å²) in [5.41, 5.74) is 0. The van der Waals surface area contributed by atoms with E-state index in [0.29, 0.717) is 5.92 Å². The zero-order chi connectivity index (χ0) is 12.0. The maximum atomic E-state index is 11.3. The number of amides is 1. The highest BCUT2D eigenvalue weighted by Crippen LogP contribution is 2.07. The van der Waals surface area contributed by atoms with E-state index in [1.54, 1.807) is 0 Å². The van der Waals surface area contributed by atoms with E-state index in [1.165, 1.54) is 6.92 Å². The molecule has 0 aromatic heterocycles. The molecule has 0 aliphatic heterocycles. The lowest BCUT2D eigenvalue weighted by Crippen LogP contribution is -2.39. The number of rotatable bonds is 6. The first-order valence-electron chi connectivity index (χ1n) is 5.37. The second kappa shape index (κ2) is 6.43. The molecule has 0 fully saturated rings. The fraction of sp³-hybridized carbons (Fsp3) is 0.818. The third kappa shape index (κ3) is 6.10. The third-order valence-corrected chi connectivity index (χ3v) is 2.33. The van der Waals surface area contributed by atoms with Gasteiger partial charge in [0, 0.05) is 6.04 Å². The van der Waals surface area contributed by atoms with E-state index in [4.69, 9.17) is 5.11 Å². The van der Waals surface area contributed by atoms with Crippen LogP contribution in [-0.2, 0) is 9.59 Å². The molecule has 88 valence electrons. The van der Waals surface area contributed by atoms with Gasteiger partial charge in [0.05, 0.1) is 0 Å². The quantitative estimate of drug-likeness (QED) is 0.662. The lowest BCUT2D eigenvalue weighted by molar-refractivity contribution is -0.146. The Morgan fingerprint density at radius 3 is 2.07 bits per heavy atom. The molecule has 0 radical (unpaired) electrons. The number of carbonyl (C=O) groups is 2. The molecule has 0 heterocycles. The van der Waals surface area contributed by atoms with Crippen molar-refractivity contribution in [2.24, 2.45) is 11.8 Å². The molecule has 1 amide bonds. The maximum Gasteiger partial charge on any atom is 0.315 e. The van der Waals surface area contributed by atoms with E-state index in [1.807, 2.05) is 6.92 Å². The Balaban J connectivity index is 3.91. The highest BCUT2D eigenvalue weighted by atomic mass is 16.4. The van der Waals surface area contributed by atoms with Gasteiger partial charge in [0.15, 0.2) is 0 Å². The predicted molar refractivity (Wildman–Crippen MR) is 58.5 cm³/mol. The fourth-order valence-corrected chi connectivity index (χ4v) is 1.14. The van der Waals surface area contributed by atoms with Gasteiger partial charge in [-0.2, -0.15) is 0 Å². The number of carbonyl (C=O) groups excluding carboxylic acids is 1. The smallest absolute Gasteiger partial charge is 0.315 e. The molecular formula is C11H21NO3. The summed E-state index contributed by atoms with van der Waals surface area (Å²) < 4.78 is 0. The minimum absolute atomic E-state index is 0.0432. The Hall–Kier alpha value is -1.06. The van der Waals surface area contributed by atoms with Crippen molar-refractivity contribution in [1.29, 1.82) is 0 Å². The zero-order valence-electron chi connectivity index (χ0n) is 9.91. The molecular weight excluding hydrogens is 194 g/mol. The van der Waals surface area contributed by atoms with Gasteiger partial charge in [0.1, 0.15) is 5.92 Å². The summed E-state index contributed by atoms with van der Waals surface area (Å²) in [6.07, 6.45) is 1.92. The predicted octanol–water partition coefficient (Wildman–Crippen LogP) is 1.65. The van der Waals surface area contributed by atoms with Crippen LogP contribution >= 0.6 is 0 Å². The Kier molecular flexibility index (Phi) is 5.97. The van der Waals surface area contributed by atoms with E-state index >= 15 is 0 Å². The molecule has 0 bridgehead atoms. The van der Waals surface area contributed by atoms with Crippen molar-refractivity contribution in [1.82, 2.24) is 5.32 Å². The van der Waals surface area contributed by atoms with E-state index in [2.05, 4.69) is 19.2 Å². The summed E-state index contributed by atoms with van der Waals surface area (Å²) in [6, 6.07) is 0.0432. The first kappa shape index (κ1) is 13.9. The molecule has 15 heavy (non-hydrogen) atoms. The minimum Gasteiger partial charge on any atom is -0.481 e. The lowest BCUT2D eigenvalue weighted by Gasteiger charge is -2.16. The van der Waals surface area contributed by atoms with E-state index in [-0.39, 0.29) is 6.04 Å². The second-order valence-corrected chi connectivity index (χ2v) is 4.44. The second-order valence-electron chi connectivity index (χ2n) is 4.44. The maximum absolute atomic E-state index is 11.3. The SMILES string of the molecule is CC(C)CCC(C)NC(=O)C(C)C(=O)O. The Labute approximate surface area is 91.1 Å². The topological polar surface area (TPSA) is 66.4 Å². The van der Waals surface area contributed by atoms with Crippen LogP contribution in [0.5, 0.6) is 0 Å². The van der Waals surface area contributed by atoms with Gasteiger partial charge in [-0.25, -0.2) is 0 Å². The van der Waals surface area contributed by atoms with Crippen molar-refractivity contribution in [2.45, 2.75) is 46.6 Å². The van der Waals surface area contributed by atoms with Crippen molar-refractivity contribution in [3.8, 4) is 0 Å². The third-order valence-electron chi connectivity index (χ3n) is 2.33. The first-order chi connectivity index (χ1) is 6.84. The molecule has 0 aromatic carbocycles. The average molecular weight is 215 g/mol. The first-order valence-corrected chi connectivity index (χ1v) is 5.37. The van der Waals surface area contributed by atoms with Crippen LogP contribution in [0.25, 0.3) is 0 Å². The van der Waals surface area contributed by atoms with Crippen LogP contribution < -0.4 is 5.32 Å². The average Bonchev–Trinajstić information content (AvgIpc) is 2.13. The van der Waals surface area contributed by atoms with Crippen molar-refractivity contribution in [2.75, 3.05) is 0 Å². The molecule has 0 spiro atoms. The van der Waals surface area contributed by atoms with Crippen LogP contribution in [0.1, 0.15) is 40.5 Å².